The Hall–Kier alpha value is -0.970. The largest absolute Gasteiger partial charge is 0.397 e. The van der Waals surface area contributed by atoms with Crippen LogP contribution in [0.1, 0.15) is 5.69 Å². The van der Waals surface area contributed by atoms with Gasteiger partial charge in [-0.2, -0.15) is 0 Å². The molecule has 0 bridgehead atoms. The average Bonchev–Trinajstić information content (AvgIpc) is 2.32. The topological polar surface area (TPSA) is 51.8 Å². The van der Waals surface area contributed by atoms with Gasteiger partial charge in [0.15, 0.2) is 0 Å². The van der Waals surface area contributed by atoms with E-state index in [0.29, 0.717) is 21.6 Å². The Labute approximate surface area is 113 Å². The summed E-state index contributed by atoms with van der Waals surface area (Å²) in [7, 11) is 0. The highest BCUT2D eigenvalue weighted by atomic mass is 35.5. The van der Waals surface area contributed by atoms with Crippen LogP contribution in [-0.2, 0) is 5.75 Å². The van der Waals surface area contributed by atoms with Gasteiger partial charge in [0.1, 0.15) is 10.2 Å². The first-order chi connectivity index (χ1) is 8.16. The number of aromatic nitrogens is 2. The Morgan fingerprint density at radius 1 is 1.24 bits per heavy atom. The Morgan fingerprint density at radius 2 is 2.06 bits per heavy atom. The maximum Gasteiger partial charge on any atom is 0.129 e. The molecule has 2 aromatic rings. The lowest BCUT2D eigenvalue weighted by molar-refractivity contribution is 1.12. The van der Waals surface area contributed by atoms with Crippen molar-refractivity contribution in [1.82, 2.24) is 9.97 Å². The number of rotatable bonds is 3. The summed E-state index contributed by atoms with van der Waals surface area (Å²) in [6.07, 6.45) is 1.70. The molecule has 0 radical (unpaired) electrons. The summed E-state index contributed by atoms with van der Waals surface area (Å²) in [6, 6.07) is 6.99. The molecule has 88 valence electrons. The third kappa shape index (κ3) is 3.25. The summed E-state index contributed by atoms with van der Waals surface area (Å²) in [6.45, 7) is 0. The van der Waals surface area contributed by atoms with Crippen LogP contribution in [-0.4, -0.2) is 9.97 Å². The molecule has 6 heteroatoms. The van der Waals surface area contributed by atoms with Gasteiger partial charge in [0.25, 0.3) is 0 Å². The fourth-order valence-corrected chi connectivity index (χ4v) is 2.50. The number of hydrogen-bond donors (Lipinski definition) is 1. The smallest absolute Gasteiger partial charge is 0.129 e. The zero-order valence-corrected chi connectivity index (χ0v) is 11.1. The molecule has 0 atom stereocenters. The third-order valence-electron chi connectivity index (χ3n) is 2.03. The van der Waals surface area contributed by atoms with E-state index in [1.807, 2.05) is 6.07 Å². The average molecular weight is 286 g/mol. The highest BCUT2D eigenvalue weighted by Gasteiger charge is 2.06. The summed E-state index contributed by atoms with van der Waals surface area (Å²) in [5, 5.41) is 1.79. The Kier molecular flexibility index (Phi) is 4.10. The molecule has 0 saturated heterocycles. The van der Waals surface area contributed by atoms with Crippen molar-refractivity contribution in [3.63, 3.8) is 0 Å². The summed E-state index contributed by atoms with van der Waals surface area (Å²) >= 11 is 13.3. The molecule has 0 spiro atoms. The Morgan fingerprint density at radius 3 is 2.82 bits per heavy atom. The van der Waals surface area contributed by atoms with Gasteiger partial charge in [-0.25, -0.2) is 9.97 Å². The fourth-order valence-electron chi connectivity index (χ4n) is 1.22. The van der Waals surface area contributed by atoms with Crippen LogP contribution in [0.15, 0.2) is 35.5 Å². The number of thioether (sulfide) groups is 1. The van der Waals surface area contributed by atoms with Crippen LogP contribution in [0.25, 0.3) is 0 Å². The van der Waals surface area contributed by atoms with Crippen LogP contribution >= 0.6 is 35.0 Å². The van der Waals surface area contributed by atoms with Crippen LogP contribution in [0.3, 0.4) is 0 Å². The molecule has 0 aliphatic heterocycles. The number of nitrogens with two attached hydrogens (primary N) is 1. The minimum absolute atomic E-state index is 0.430. The lowest BCUT2D eigenvalue weighted by atomic mass is 10.4. The number of nitrogen functional groups attached to an aromatic ring is 1. The first-order valence-electron chi connectivity index (χ1n) is 4.81. The van der Waals surface area contributed by atoms with Crippen LogP contribution in [0.2, 0.25) is 10.2 Å². The van der Waals surface area contributed by atoms with E-state index < -0.39 is 0 Å². The molecule has 0 aliphatic carbocycles. The number of halogens is 2. The molecule has 2 heterocycles. The first kappa shape index (κ1) is 12.5. The second-order valence-corrected chi connectivity index (χ2v) is 5.01. The predicted molar refractivity (Wildman–Crippen MR) is 72.5 cm³/mol. The van der Waals surface area contributed by atoms with Gasteiger partial charge in [0, 0.05) is 11.9 Å². The van der Waals surface area contributed by atoms with Gasteiger partial charge in [-0.1, -0.05) is 35.0 Å². The minimum atomic E-state index is 0.430. The van der Waals surface area contributed by atoms with E-state index in [4.69, 9.17) is 28.9 Å². The van der Waals surface area contributed by atoms with E-state index in [9.17, 15) is 0 Å². The number of anilines is 1. The molecule has 0 saturated carbocycles. The van der Waals surface area contributed by atoms with Crippen LogP contribution < -0.4 is 5.73 Å². The van der Waals surface area contributed by atoms with E-state index in [1.165, 1.54) is 11.8 Å². The Bertz CT molecular complexity index is 534. The van der Waals surface area contributed by atoms with Gasteiger partial charge in [-0.15, -0.1) is 0 Å². The SMILES string of the molecule is Nc1cccnc1SCc1nc(Cl)ccc1Cl. The molecule has 0 aromatic carbocycles. The molecular formula is C11H9Cl2N3S. The molecule has 2 N–H and O–H groups in total. The molecule has 2 rings (SSSR count). The minimum Gasteiger partial charge on any atom is -0.397 e. The third-order valence-corrected chi connectivity index (χ3v) is 3.62. The fraction of sp³-hybridized carbons (Fsp3) is 0.0909. The number of pyridine rings is 2. The molecular weight excluding hydrogens is 277 g/mol. The number of nitrogens with zero attached hydrogens (tertiary/aromatic N) is 2. The van der Waals surface area contributed by atoms with Crippen LogP contribution in [0.5, 0.6) is 0 Å². The monoisotopic (exact) mass is 285 g/mol. The summed E-state index contributed by atoms with van der Waals surface area (Å²) in [5.74, 6) is 0.584. The zero-order valence-electron chi connectivity index (χ0n) is 8.73. The molecule has 0 fully saturated rings. The van der Waals surface area contributed by atoms with Crippen molar-refractivity contribution in [2.24, 2.45) is 0 Å². The quantitative estimate of drug-likeness (QED) is 0.691. The first-order valence-corrected chi connectivity index (χ1v) is 6.55. The van der Waals surface area contributed by atoms with Gasteiger partial charge in [-0.3, -0.25) is 0 Å². The van der Waals surface area contributed by atoms with Crippen molar-refractivity contribution in [2.75, 3.05) is 5.73 Å². The van der Waals surface area contributed by atoms with E-state index in [-0.39, 0.29) is 0 Å². The highest BCUT2D eigenvalue weighted by molar-refractivity contribution is 7.98. The van der Waals surface area contributed by atoms with Gasteiger partial charge in [-0.05, 0) is 24.3 Å². The summed E-state index contributed by atoms with van der Waals surface area (Å²) in [4.78, 5) is 8.34. The molecule has 0 aliphatic rings. The Balaban J connectivity index is 2.12. The lowest BCUT2D eigenvalue weighted by Gasteiger charge is -2.05. The highest BCUT2D eigenvalue weighted by Crippen LogP contribution is 2.28. The van der Waals surface area contributed by atoms with Crippen molar-refractivity contribution < 1.29 is 0 Å². The second-order valence-electron chi connectivity index (χ2n) is 3.25. The standard InChI is InChI=1S/C11H9Cl2N3S/c12-7-3-4-10(13)16-9(7)6-17-11-8(14)2-1-5-15-11/h1-5H,6,14H2. The van der Waals surface area contributed by atoms with Crippen LogP contribution in [0, 0.1) is 0 Å². The van der Waals surface area contributed by atoms with Crippen molar-refractivity contribution in [2.45, 2.75) is 10.8 Å². The maximum absolute atomic E-state index is 6.02. The van der Waals surface area contributed by atoms with E-state index >= 15 is 0 Å². The molecule has 2 aromatic heterocycles. The molecule has 3 nitrogen and oxygen atoms in total. The van der Waals surface area contributed by atoms with Crippen molar-refractivity contribution >= 4 is 40.7 Å². The van der Waals surface area contributed by atoms with Gasteiger partial charge >= 0.3 is 0 Å². The number of hydrogen-bond acceptors (Lipinski definition) is 4. The summed E-state index contributed by atoms with van der Waals surface area (Å²) in [5.41, 5.74) is 7.17. The van der Waals surface area contributed by atoms with E-state index in [0.717, 1.165) is 10.7 Å². The van der Waals surface area contributed by atoms with Gasteiger partial charge in [0.05, 0.1) is 16.4 Å². The van der Waals surface area contributed by atoms with Crippen molar-refractivity contribution in [3.05, 3.63) is 46.3 Å². The summed E-state index contributed by atoms with van der Waals surface area (Å²) < 4.78 is 0. The normalized spacial score (nSPS) is 10.5. The molecule has 17 heavy (non-hydrogen) atoms. The lowest BCUT2D eigenvalue weighted by Crippen LogP contribution is -1.93. The van der Waals surface area contributed by atoms with Gasteiger partial charge < -0.3 is 5.73 Å². The van der Waals surface area contributed by atoms with E-state index in [1.54, 1.807) is 24.4 Å². The van der Waals surface area contributed by atoms with Crippen LogP contribution in [0.4, 0.5) is 5.69 Å². The zero-order chi connectivity index (χ0) is 12.3. The van der Waals surface area contributed by atoms with Crippen molar-refractivity contribution in [1.29, 1.82) is 0 Å². The molecule has 0 amide bonds. The van der Waals surface area contributed by atoms with Crippen molar-refractivity contribution in [3.8, 4) is 0 Å². The maximum atomic E-state index is 6.02. The molecule has 0 unspecified atom stereocenters. The second kappa shape index (κ2) is 5.58. The van der Waals surface area contributed by atoms with E-state index in [2.05, 4.69) is 9.97 Å². The van der Waals surface area contributed by atoms with Gasteiger partial charge in [0.2, 0.25) is 0 Å². The predicted octanol–water partition coefficient (Wildman–Crippen LogP) is 3.66.